The largest absolute Gasteiger partial charge is 0.467 e. The molecule has 0 aromatic carbocycles. The Kier molecular flexibility index (Phi) is 5.44. The zero-order valence-corrected chi connectivity index (χ0v) is 11.2. The summed E-state index contributed by atoms with van der Waals surface area (Å²) in [6.45, 7) is 6.52. The summed E-state index contributed by atoms with van der Waals surface area (Å²) in [6, 6.07) is 3.79. The Balaban J connectivity index is 1.54. The lowest BCUT2D eigenvalue weighted by molar-refractivity contribution is -0.906. The average Bonchev–Trinajstić information content (AvgIpc) is 2.91. The maximum absolute atomic E-state index is 5.32. The molecule has 3 N–H and O–H groups in total. The Hall–Kier alpha value is -1.11. The molecule has 1 saturated heterocycles. The van der Waals surface area contributed by atoms with Gasteiger partial charge in [-0.2, -0.15) is 0 Å². The predicted molar refractivity (Wildman–Crippen MR) is 72.5 cm³/mol. The highest BCUT2D eigenvalue weighted by Crippen LogP contribution is 1.97. The van der Waals surface area contributed by atoms with Gasteiger partial charge in [0.1, 0.15) is 18.8 Å². The van der Waals surface area contributed by atoms with Crippen LogP contribution in [-0.2, 0) is 11.3 Å². The van der Waals surface area contributed by atoms with Crippen molar-refractivity contribution < 1.29 is 14.1 Å². The monoisotopic (exact) mass is 270 g/mol. The van der Waals surface area contributed by atoms with Gasteiger partial charge in [0.05, 0.1) is 39.1 Å². The lowest BCUT2D eigenvalue weighted by Gasteiger charge is -2.23. The van der Waals surface area contributed by atoms with E-state index in [1.165, 1.54) is 0 Å². The molecule has 1 aromatic rings. The smallest absolute Gasteiger partial charge is 0.166 e. The van der Waals surface area contributed by atoms with Gasteiger partial charge in [-0.1, -0.05) is 0 Å². The van der Waals surface area contributed by atoms with Gasteiger partial charge in [0, 0.05) is 0 Å². The molecule has 2 heterocycles. The maximum atomic E-state index is 5.32. The summed E-state index contributed by atoms with van der Waals surface area (Å²) in [5, 5.41) is 7.00. The fraction of sp³-hybridized carbons (Fsp3) is 0.583. The summed E-state index contributed by atoms with van der Waals surface area (Å²) < 4.78 is 10.5. The first kappa shape index (κ1) is 13.3. The second-order valence-corrected chi connectivity index (χ2v) is 4.71. The minimum absolute atomic E-state index is 0.628. The molecule has 0 aliphatic carbocycles. The quantitative estimate of drug-likeness (QED) is 0.609. The summed E-state index contributed by atoms with van der Waals surface area (Å²) in [5.74, 6) is 0.887. The van der Waals surface area contributed by atoms with Crippen LogP contribution in [0.2, 0.25) is 0 Å². The van der Waals surface area contributed by atoms with Gasteiger partial charge in [-0.3, -0.25) is 0 Å². The van der Waals surface area contributed by atoms with Crippen LogP contribution < -0.4 is 15.5 Å². The van der Waals surface area contributed by atoms with Gasteiger partial charge in [0.25, 0.3) is 0 Å². The first-order chi connectivity index (χ1) is 8.84. The molecule has 1 aliphatic heterocycles. The number of quaternary nitrogens is 1. The zero-order valence-electron chi connectivity index (χ0n) is 10.4. The van der Waals surface area contributed by atoms with Crippen molar-refractivity contribution >= 4 is 17.3 Å². The highest BCUT2D eigenvalue weighted by molar-refractivity contribution is 7.80. The van der Waals surface area contributed by atoms with Crippen LogP contribution in [-0.4, -0.2) is 44.5 Å². The lowest BCUT2D eigenvalue weighted by Crippen LogP contribution is -3.14. The number of hydrogen-bond donors (Lipinski definition) is 3. The van der Waals surface area contributed by atoms with E-state index < -0.39 is 0 Å². The molecule has 1 aromatic heterocycles. The third kappa shape index (κ3) is 4.64. The van der Waals surface area contributed by atoms with Crippen LogP contribution in [0.3, 0.4) is 0 Å². The van der Waals surface area contributed by atoms with Crippen LogP contribution in [0.5, 0.6) is 0 Å². The summed E-state index contributed by atoms with van der Waals surface area (Å²) in [4.78, 5) is 1.57. The summed E-state index contributed by atoms with van der Waals surface area (Å²) in [5.41, 5.74) is 0. The van der Waals surface area contributed by atoms with Crippen LogP contribution in [0.25, 0.3) is 0 Å². The first-order valence-corrected chi connectivity index (χ1v) is 6.71. The third-order valence-electron chi connectivity index (χ3n) is 2.97. The second kappa shape index (κ2) is 7.35. The van der Waals surface area contributed by atoms with E-state index in [0.717, 1.165) is 45.2 Å². The Morgan fingerprint density at radius 1 is 1.33 bits per heavy atom. The fourth-order valence-electron chi connectivity index (χ4n) is 1.91. The normalized spacial score (nSPS) is 16.4. The average molecular weight is 270 g/mol. The van der Waals surface area contributed by atoms with Crippen LogP contribution in [0, 0.1) is 0 Å². The van der Waals surface area contributed by atoms with E-state index in [-0.39, 0.29) is 0 Å². The minimum Gasteiger partial charge on any atom is -0.467 e. The van der Waals surface area contributed by atoms with E-state index in [9.17, 15) is 0 Å². The third-order valence-corrected chi connectivity index (χ3v) is 3.26. The van der Waals surface area contributed by atoms with Crippen molar-refractivity contribution in [2.45, 2.75) is 6.54 Å². The molecule has 0 unspecified atom stereocenters. The van der Waals surface area contributed by atoms with Crippen molar-refractivity contribution in [3.63, 3.8) is 0 Å². The summed E-state index contributed by atoms with van der Waals surface area (Å²) >= 11 is 5.20. The van der Waals surface area contributed by atoms with E-state index in [2.05, 4.69) is 10.6 Å². The number of thiocarbonyl (C=S) groups is 1. The van der Waals surface area contributed by atoms with E-state index in [0.29, 0.717) is 11.7 Å². The topological polar surface area (TPSA) is 50.9 Å². The van der Waals surface area contributed by atoms with E-state index in [1.807, 2.05) is 12.1 Å². The molecule has 0 spiro atoms. The molecular formula is C12H20N3O2S+. The molecule has 0 amide bonds. The minimum atomic E-state index is 0.628. The van der Waals surface area contributed by atoms with Gasteiger partial charge in [0.15, 0.2) is 5.11 Å². The SMILES string of the molecule is S=C(NCC[NH+]1CCOCC1)NCc1ccco1. The first-order valence-electron chi connectivity index (χ1n) is 6.30. The maximum Gasteiger partial charge on any atom is 0.166 e. The van der Waals surface area contributed by atoms with Gasteiger partial charge in [-0.15, -0.1) is 0 Å². The van der Waals surface area contributed by atoms with E-state index >= 15 is 0 Å². The molecular weight excluding hydrogens is 250 g/mol. The molecule has 1 aliphatic rings. The molecule has 1 fully saturated rings. The molecule has 100 valence electrons. The van der Waals surface area contributed by atoms with Crippen molar-refractivity contribution in [1.29, 1.82) is 0 Å². The Bertz CT molecular complexity index is 350. The van der Waals surface area contributed by atoms with Gasteiger partial charge < -0.3 is 24.7 Å². The number of furan rings is 1. The molecule has 0 radical (unpaired) electrons. The number of hydrogen-bond acceptors (Lipinski definition) is 3. The van der Waals surface area contributed by atoms with Crippen molar-refractivity contribution in [3.8, 4) is 0 Å². The number of morpholine rings is 1. The lowest BCUT2D eigenvalue weighted by atomic mass is 10.4. The van der Waals surface area contributed by atoms with Gasteiger partial charge >= 0.3 is 0 Å². The molecule has 0 atom stereocenters. The fourth-order valence-corrected chi connectivity index (χ4v) is 2.08. The molecule has 0 saturated carbocycles. The second-order valence-electron chi connectivity index (χ2n) is 4.30. The van der Waals surface area contributed by atoms with Gasteiger partial charge in [-0.25, -0.2) is 0 Å². The standard InChI is InChI=1S/C12H19N3O2S/c18-12(14-10-11-2-1-7-17-11)13-3-4-15-5-8-16-9-6-15/h1-2,7H,3-6,8-10H2,(H2,13,14,18)/p+1. The number of rotatable bonds is 5. The van der Waals surface area contributed by atoms with Crippen LogP contribution in [0.4, 0.5) is 0 Å². The predicted octanol–water partition coefficient (Wildman–Crippen LogP) is -0.841. The zero-order chi connectivity index (χ0) is 12.6. The van der Waals surface area contributed by atoms with Gasteiger partial charge in [-0.05, 0) is 24.4 Å². The van der Waals surface area contributed by atoms with Crippen molar-refractivity contribution in [1.82, 2.24) is 10.6 Å². The summed E-state index contributed by atoms with van der Waals surface area (Å²) in [7, 11) is 0. The molecule has 2 rings (SSSR count). The number of ether oxygens (including phenoxy) is 1. The van der Waals surface area contributed by atoms with Crippen LogP contribution in [0.1, 0.15) is 5.76 Å². The Labute approximate surface area is 112 Å². The highest BCUT2D eigenvalue weighted by Gasteiger charge is 2.12. The van der Waals surface area contributed by atoms with Crippen molar-refractivity contribution in [2.24, 2.45) is 0 Å². The van der Waals surface area contributed by atoms with Gasteiger partial charge in [0.2, 0.25) is 0 Å². The highest BCUT2D eigenvalue weighted by atomic mass is 32.1. The van der Waals surface area contributed by atoms with Crippen LogP contribution in [0.15, 0.2) is 22.8 Å². The number of nitrogens with one attached hydrogen (secondary N) is 3. The van der Waals surface area contributed by atoms with E-state index in [4.69, 9.17) is 21.4 Å². The molecule has 6 heteroatoms. The van der Waals surface area contributed by atoms with Crippen LogP contribution >= 0.6 is 12.2 Å². The van der Waals surface area contributed by atoms with E-state index in [1.54, 1.807) is 11.2 Å². The Morgan fingerprint density at radius 2 is 2.17 bits per heavy atom. The summed E-state index contributed by atoms with van der Waals surface area (Å²) in [6.07, 6.45) is 1.66. The molecule has 5 nitrogen and oxygen atoms in total. The van der Waals surface area contributed by atoms with Crippen molar-refractivity contribution in [2.75, 3.05) is 39.4 Å². The molecule has 18 heavy (non-hydrogen) atoms. The Morgan fingerprint density at radius 3 is 2.89 bits per heavy atom. The molecule has 0 bridgehead atoms. The van der Waals surface area contributed by atoms with Crippen molar-refractivity contribution in [3.05, 3.63) is 24.2 Å².